The van der Waals surface area contributed by atoms with Crippen molar-refractivity contribution in [2.75, 3.05) is 4.90 Å². The van der Waals surface area contributed by atoms with E-state index in [2.05, 4.69) is 240 Å². The topological polar surface area (TPSA) is 21.3 Å². The maximum absolute atomic E-state index is 6.98. The number of nitrogens with zero attached hydrogens (tertiary/aromatic N) is 2. The summed E-state index contributed by atoms with van der Waals surface area (Å²) < 4.78 is 9.41. The first-order chi connectivity index (χ1) is 30.3. The zero-order chi connectivity index (χ0) is 40.3. The van der Waals surface area contributed by atoms with Gasteiger partial charge in [-0.15, -0.1) is 0 Å². The van der Waals surface area contributed by atoms with Crippen molar-refractivity contribution in [3.8, 4) is 39.1 Å². The average Bonchev–Trinajstić information content (AvgIpc) is 3.89. The first-order valence-electron chi connectivity index (χ1n) is 20.8. The van der Waals surface area contributed by atoms with E-state index in [0.29, 0.717) is 0 Å². The van der Waals surface area contributed by atoms with Gasteiger partial charge in [-0.2, -0.15) is 0 Å². The summed E-state index contributed by atoms with van der Waals surface area (Å²) in [5.41, 5.74) is 15.3. The molecule has 286 valence electrons. The minimum atomic E-state index is 0.851. The molecule has 0 aliphatic heterocycles. The third-order valence-electron chi connectivity index (χ3n) is 12.2. The lowest BCUT2D eigenvalue weighted by molar-refractivity contribution is 0.670. The molecule has 0 amide bonds. The summed E-state index contributed by atoms with van der Waals surface area (Å²) in [4.78, 5) is 2.33. The fraction of sp³-hybridized carbons (Fsp3) is 0. The fourth-order valence-electron chi connectivity index (χ4n) is 9.29. The van der Waals surface area contributed by atoms with Crippen LogP contribution in [0.2, 0.25) is 0 Å². The van der Waals surface area contributed by atoms with Gasteiger partial charge >= 0.3 is 0 Å². The van der Waals surface area contributed by atoms with Crippen LogP contribution in [-0.2, 0) is 0 Å². The molecule has 2 heterocycles. The molecule has 0 N–H and O–H groups in total. The normalized spacial score (nSPS) is 11.6. The molecule has 3 heteroatoms. The third kappa shape index (κ3) is 5.82. The second-order valence-electron chi connectivity index (χ2n) is 15.7. The molecule has 0 aliphatic carbocycles. The number of hydrogen-bond donors (Lipinski definition) is 0. The van der Waals surface area contributed by atoms with Crippen molar-refractivity contribution in [3.05, 3.63) is 231 Å². The number of fused-ring (bicyclic) bond motifs is 8. The van der Waals surface area contributed by atoms with Crippen LogP contribution in [0, 0.1) is 0 Å². The SMILES string of the molecule is c1ccc(-c2ccc(N(c3ccc(-c4ccc5c6ccc7ccccc7c6n(-c6ccccc6)c5c4)cc3)c3cccc4c3oc3c(-c5ccccc5)cccc34)cc2)cc1. The Kier molecular flexibility index (Phi) is 8.17. The number of benzene rings is 10. The predicted molar refractivity (Wildman–Crippen MR) is 257 cm³/mol. The van der Waals surface area contributed by atoms with Crippen molar-refractivity contribution in [2.45, 2.75) is 0 Å². The van der Waals surface area contributed by atoms with E-state index >= 15 is 0 Å². The van der Waals surface area contributed by atoms with Crippen LogP contribution in [0.1, 0.15) is 0 Å². The molecule has 0 atom stereocenters. The molecular weight excluding hydrogens is 741 g/mol. The molecule has 12 rings (SSSR count). The predicted octanol–water partition coefficient (Wildman–Crippen LogP) is 16.3. The number of aromatic nitrogens is 1. The van der Waals surface area contributed by atoms with E-state index in [1.54, 1.807) is 0 Å². The molecule has 0 unspecified atom stereocenters. The van der Waals surface area contributed by atoms with Crippen LogP contribution in [0.15, 0.2) is 235 Å². The standard InChI is InChI=1S/C58H38N2O/c1-4-14-39(15-5-1)40-26-32-46(33-27-40)59(54-25-13-24-53-52-23-12-22-49(57(52)61-58(53)54)42-16-6-2-7-17-42)47-34-28-41(29-35-47)44-31-36-50-51-37-30-43-18-10-11-21-48(43)56(51)60(55(50)38-44)45-19-8-3-9-20-45/h1-38H. The molecule has 2 aromatic heterocycles. The molecule has 3 nitrogen and oxygen atoms in total. The van der Waals surface area contributed by atoms with Crippen LogP contribution >= 0.6 is 0 Å². The Balaban J connectivity index is 1.01. The van der Waals surface area contributed by atoms with Crippen LogP contribution in [0.4, 0.5) is 17.1 Å². The van der Waals surface area contributed by atoms with Crippen LogP contribution in [-0.4, -0.2) is 4.57 Å². The molecule has 0 saturated heterocycles. The highest BCUT2D eigenvalue weighted by atomic mass is 16.3. The van der Waals surface area contributed by atoms with E-state index in [1.807, 2.05) is 0 Å². The number of hydrogen-bond acceptors (Lipinski definition) is 2. The molecule has 0 radical (unpaired) electrons. The lowest BCUT2D eigenvalue weighted by Crippen LogP contribution is -2.10. The van der Waals surface area contributed by atoms with Crippen molar-refractivity contribution < 1.29 is 4.42 Å². The highest BCUT2D eigenvalue weighted by molar-refractivity contribution is 6.19. The molecule has 0 fully saturated rings. The molecule has 12 aromatic rings. The highest BCUT2D eigenvalue weighted by Gasteiger charge is 2.22. The Hall–Kier alpha value is -8.14. The molecule has 0 spiro atoms. The van der Waals surface area contributed by atoms with Crippen molar-refractivity contribution in [1.82, 2.24) is 4.57 Å². The number of furan rings is 1. The molecular formula is C58H38N2O. The number of rotatable bonds is 7. The van der Waals surface area contributed by atoms with E-state index in [-0.39, 0.29) is 0 Å². The fourth-order valence-corrected chi connectivity index (χ4v) is 9.29. The van der Waals surface area contributed by atoms with E-state index in [0.717, 1.165) is 66.9 Å². The van der Waals surface area contributed by atoms with E-state index in [1.165, 1.54) is 43.7 Å². The Morgan fingerprint density at radius 2 is 0.885 bits per heavy atom. The third-order valence-corrected chi connectivity index (χ3v) is 12.2. The number of para-hydroxylation sites is 3. The number of anilines is 3. The van der Waals surface area contributed by atoms with Gasteiger partial charge in [0.1, 0.15) is 5.58 Å². The summed E-state index contributed by atoms with van der Waals surface area (Å²) in [7, 11) is 0. The monoisotopic (exact) mass is 778 g/mol. The average molecular weight is 779 g/mol. The van der Waals surface area contributed by atoms with Crippen LogP contribution in [0.25, 0.3) is 93.6 Å². The van der Waals surface area contributed by atoms with Gasteiger partial charge in [-0.1, -0.05) is 182 Å². The van der Waals surface area contributed by atoms with Gasteiger partial charge in [0.2, 0.25) is 0 Å². The van der Waals surface area contributed by atoms with E-state index in [4.69, 9.17) is 4.42 Å². The summed E-state index contributed by atoms with van der Waals surface area (Å²) in [6.45, 7) is 0. The van der Waals surface area contributed by atoms with Gasteiger partial charge in [-0.3, -0.25) is 0 Å². The lowest BCUT2D eigenvalue weighted by Gasteiger charge is -2.26. The summed E-state index contributed by atoms with van der Waals surface area (Å²) in [6, 6.07) is 82.7. The minimum absolute atomic E-state index is 0.851. The summed E-state index contributed by atoms with van der Waals surface area (Å²) in [5, 5.41) is 7.17. The molecule has 0 aliphatic rings. The second kappa shape index (κ2) is 14.3. The van der Waals surface area contributed by atoms with Crippen molar-refractivity contribution in [2.24, 2.45) is 0 Å². The Labute approximate surface area is 353 Å². The van der Waals surface area contributed by atoms with Gasteiger partial charge in [-0.25, -0.2) is 0 Å². The van der Waals surface area contributed by atoms with Gasteiger partial charge in [-0.05, 0) is 81.7 Å². The first kappa shape index (κ1) is 34.9. The maximum Gasteiger partial charge on any atom is 0.159 e. The second-order valence-corrected chi connectivity index (χ2v) is 15.7. The molecule has 10 aromatic carbocycles. The largest absolute Gasteiger partial charge is 0.453 e. The quantitative estimate of drug-likeness (QED) is 0.161. The molecule has 0 saturated carbocycles. The lowest BCUT2D eigenvalue weighted by atomic mass is 10.0. The summed E-state index contributed by atoms with van der Waals surface area (Å²) in [6.07, 6.45) is 0. The van der Waals surface area contributed by atoms with Crippen LogP contribution < -0.4 is 4.90 Å². The van der Waals surface area contributed by atoms with Gasteiger partial charge in [0, 0.05) is 49.6 Å². The minimum Gasteiger partial charge on any atom is -0.453 e. The Bertz CT molecular complexity index is 3550. The highest BCUT2D eigenvalue weighted by Crippen LogP contribution is 2.45. The smallest absolute Gasteiger partial charge is 0.159 e. The van der Waals surface area contributed by atoms with Gasteiger partial charge in [0.25, 0.3) is 0 Å². The Morgan fingerprint density at radius 1 is 0.344 bits per heavy atom. The van der Waals surface area contributed by atoms with Crippen LogP contribution in [0.3, 0.4) is 0 Å². The Morgan fingerprint density at radius 3 is 1.61 bits per heavy atom. The zero-order valence-corrected chi connectivity index (χ0v) is 33.2. The van der Waals surface area contributed by atoms with Crippen molar-refractivity contribution >= 4 is 71.6 Å². The van der Waals surface area contributed by atoms with Gasteiger partial charge in [0.15, 0.2) is 5.58 Å². The van der Waals surface area contributed by atoms with Gasteiger partial charge < -0.3 is 13.9 Å². The molecule has 0 bridgehead atoms. The zero-order valence-electron chi connectivity index (χ0n) is 33.2. The van der Waals surface area contributed by atoms with E-state index < -0.39 is 0 Å². The first-order valence-corrected chi connectivity index (χ1v) is 20.8. The van der Waals surface area contributed by atoms with E-state index in [9.17, 15) is 0 Å². The maximum atomic E-state index is 6.98. The van der Waals surface area contributed by atoms with Crippen molar-refractivity contribution in [3.63, 3.8) is 0 Å². The van der Waals surface area contributed by atoms with Crippen LogP contribution in [0.5, 0.6) is 0 Å². The van der Waals surface area contributed by atoms with Gasteiger partial charge in [0.05, 0.1) is 16.7 Å². The summed E-state index contributed by atoms with van der Waals surface area (Å²) >= 11 is 0. The summed E-state index contributed by atoms with van der Waals surface area (Å²) in [5.74, 6) is 0. The van der Waals surface area contributed by atoms with Crippen molar-refractivity contribution in [1.29, 1.82) is 0 Å². The molecule has 61 heavy (non-hydrogen) atoms.